The van der Waals surface area contributed by atoms with Crippen molar-refractivity contribution in [3.8, 4) is 0 Å². The highest BCUT2D eigenvalue weighted by molar-refractivity contribution is 4.99. The maximum Gasteiger partial charge on any atom is 0.0534 e. The number of aryl methyl sites for hydroxylation is 1. The molecule has 0 bridgehead atoms. The van der Waals surface area contributed by atoms with E-state index in [1.54, 1.807) is 0 Å². The van der Waals surface area contributed by atoms with Crippen LogP contribution in [0.4, 0.5) is 0 Å². The van der Waals surface area contributed by atoms with Gasteiger partial charge in [0, 0.05) is 25.3 Å². The predicted molar refractivity (Wildman–Crippen MR) is 70.1 cm³/mol. The minimum absolute atomic E-state index is 0.725. The fourth-order valence-electron chi connectivity index (χ4n) is 2.45. The van der Waals surface area contributed by atoms with E-state index < -0.39 is 0 Å². The maximum atomic E-state index is 4.28. The molecule has 4 heteroatoms. The van der Waals surface area contributed by atoms with Crippen molar-refractivity contribution in [1.29, 1.82) is 0 Å². The number of nitrogens with zero attached hydrogens (tertiary/aromatic N) is 3. The molecule has 0 aliphatic carbocycles. The molecule has 96 valence electrons. The van der Waals surface area contributed by atoms with Gasteiger partial charge in [-0.05, 0) is 38.9 Å². The van der Waals surface area contributed by atoms with Gasteiger partial charge in [-0.2, -0.15) is 5.10 Å². The lowest BCUT2D eigenvalue weighted by molar-refractivity contribution is 0.181. The van der Waals surface area contributed by atoms with E-state index in [-0.39, 0.29) is 0 Å². The van der Waals surface area contributed by atoms with Crippen LogP contribution in [-0.4, -0.2) is 47.4 Å². The van der Waals surface area contributed by atoms with Gasteiger partial charge in [0.15, 0.2) is 0 Å². The number of piperidine rings is 1. The molecular weight excluding hydrogens is 212 g/mol. The van der Waals surface area contributed by atoms with E-state index in [9.17, 15) is 0 Å². The second-order valence-electron chi connectivity index (χ2n) is 5.12. The molecule has 1 N–H and O–H groups in total. The average molecular weight is 236 g/mol. The van der Waals surface area contributed by atoms with E-state index in [4.69, 9.17) is 0 Å². The first kappa shape index (κ1) is 12.6. The molecular formula is C13H24N4. The Morgan fingerprint density at radius 3 is 3.06 bits per heavy atom. The largest absolute Gasteiger partial charge is 0.313 e. The van der Waals surface area contributed by atoms with Crippen molar-refractivity contribution in [1.82, 2.24) is 20.0 Å². The smallest absolute Gasteiger partial charge is 0.0534 e. The van der Waals surface area contributed by atoms with E-state index in [2.05, 4.69) is 35.5 Å². The molecule has 0 radical (unpaired) electrons. The standard InChI is InChI=1S/C13H24N4/c1-12-9-15-17(11-12)8-6-14-10-13-5-3-4-7-16(13)2/h9,11,13-14H,3-8,10H2,1-2H3. The Labute approximate surface area is 104 Å². The second-order valence-corrected chi connectivity index (χ2v) is 5.12. The molecule has 0 aromatic carbocycles. The van der Waals surface area contributed by atoms with Crippen molar-refractivity contribution in [2.45, 2.75) is 38.8 Å². The van der Waals surface area contributed by atoms with Gasteiger partial charge in [-0.25, -0.2) is 0 Å². The lowest BCUT2D eigenvalue weighted by Gasteiger charge is -2.32. The zero-order valence-corrected chi connectivity index (χ0v) is 11.0. The summed E-state index contributed by atoms with van der Waals surface area (Å²) in [6, 6.07) is 0.725. The molecule has 17 heavy (non-hydrogen) atoms. The van der Waals surface area contributed by atoms with Gasteiger partial charge in [0.2, 0.25) is 0 Å². The molecule has 0 spiro atoms. The summed E-state index contributed by atoms with van der Waals surface area (Å²) in [6.07, 6.45) is 8.09. The molecule has 0 saturated carbocycles. The Morgan fingerprint density at radius 2 is 2.35 bits per heavy atom. The summed E-state index contributed by atoms with van der Waals surface area (Å²) in [4.78, 5) is 2.48. The number of nitrogens with one attached hydrogen (secondary N) is 1. The monoisotopic (exact) mass is 236 g/mol. The fourth-order valence-corrected chi connectivity index (χ4v) is 2.45. The molecule has 2 rings (SSSR count). The number of likely N-dealkylation sites (N-methyl/N-ethyl adjacent to an activating group) is 1. The minimum Gasteiger partial charge on any atom is -0.313 e. The van der Waals surface area contributed by atoms with Crippen molar-refractivity contribution < 1.29 is 0 Å². The molecule has 1 atom stereocenters. The van der Waals surface area contributed by atoms with E-state index in [1.807, 2.05) is 10.9 Å². The fraction of sp³-hybridized carbons (Fsp3) is 0.769. The van der Waals surface area contributed by atoms with Gasteiger partial charge >= 0.3 is 0 Å². The zero-order valence-electron chi connectivity index (χ0n) is 11.0. The summed E-state index contributed by atoms with van der Waals surface area (Å²) < 4.78 is 2.01. The Kier molecular flexibility index (Phi) is 4.57. The van der Waals surface area contributed by atoms with E-state index >= 15 is 0 Å². The van der Waals surface area contributed by atoms with Crippen LogP contribution < -0.4 is 5.32 Å². The van der Waals surface area contributed by atoms with Gasteiger partial charge < -0.3 is 10.2 Å². The van der Waals surface area contributed by atoms with Crippen LogP contribution in [0.25, 0.3) is 0 Å². The van der Waals surface area contributed by atoms with Crippen LogP contribution in [0.5, 0.6) is 0 Å². The maximum absolute atomic E-state index is 4.28. The highest BCUT2D eigenvalue weighted by atomic mass is 15.3. The van der Waals surface area contributed by atoms with Crippen LogP contribution in [0.2, 0.25) is 0 Å². The molecule has 1 fully saturated rings. The number of hydrogen-bond acceptors (Lipinski definition) is 3. The first-order valence-corrected chi connectivity index (χ1v) is 6.66. The van der Waals surface area contributed by atoms with E-state index in [0.29, 0.717) is 0 Å². The first-order valence-electron chi connectivity index (χ1n) is 6.66. The topological polar surface area (TPSA) is 33.1 Å². The summed E-state index contributed by atoms with van der Waals surface area (Å²) >= 11 is 0. The molecule has 0 amide bonds. The van der Waals surface area contributed by atoms with Gasteiger partial charge in [-0.1, -0.05) is 6.42 Å². The van der Waals surface area contributed by atoms with Crippen LogP contribution in [0.15, 0.2) is 12.4 Å². The number of likely N-dealkylation sites (tertiary alicyclic amines) is 1. The van der Waals surface area contributed by atoms with Crippen molar-refractivity contribution in [3.63, 3.8) is 0 Å². The molecule has 1 aliphatic rings. The number of hydrogen-bond donors (Lipinski definition) is 1. The van der Waals surface area contributed by atoms with E-state index in [1.165, 1.54) is 31.4 Å². The lowest BCUT2D eigenvalue weighted by Crippen LogP contribution is -2.43. The summed E-state index contributed by atoms with van der Waals surface area (Å²) in [5.74, 6) is 0. The Hall–Kier alpha value is -0.870. The van der Waals surface area contributed by atoms with Crippen molar-refractivity contribution in [2.75, 3.05) is 26.7 Å². The molecule has 2 heterocycles. The SMILES string of the molecule is Cc1cnn(CCNCC2CCCCN2C)c1. The first-order chi connectivity index (χ1) is 8.25. The molecule has 1 aromatic rings. The highest BCUT2D eigenvalue weighted by Crippen LogP contribution is 2.13. The van der Waals surface area contributed by atoms with Crippen LogP contribution in [-0.2, 0) is 6.54 Å². The summed E-state index contributed by atoms with van der Waals surface area (Å²) in [7, 11) is 2.24. The van der Waals surface area contributed by atoms with Crippen LogP contribution >= 0.6 is 0 Å². The lowest BCUT2D eigenvalue weighted by atomic mass is 10.0. The predicted octanol–water partition coefficient (Wildman–Crippen LogP) is 1.27. The number of aromatic nitrogens is 2. The van der Waals surface area contributed by atoms with Gasteiger partial charge in [0.05, 0.1) is 12.7 Å². The quantitative estimate of drug-likeness (QED) is 0.782. The highest BCUT2D eigenvalue weighted by Gasteiger charge is 2.17. The Bertz CT molecular complexity index is 334. The normalized spacial score (nSPS) is 21.9. The summed E-state index contributed by atoms with van der Waals surface area (Å²) in [5, 5.41) is 7.82. The molecule has 1 aromatic heterocycles. The minimum atomic E-state index is 0.725. The third-order valence-corrected chi connectivity index (χ3v) is 3.58. The van der Waals surface area contributed by atoms with Gasteiger partial charge in [-0.15, -0.1) is 0 Å². The third kappa shape index (κ3) is 3.82. The van der Waals surface area contributed by atoms with Crippen molar-refractivity contribution in [2.24, 2.45) is 0 Å². The van der Waals surface area contributed by atoms with Gasteiger partial charge in [0.25, 0.3) is 0 Å². The average Bonchev–Trinajstić information content (AvgIpc) is 2.73. The number of rotatable bonds is 5. The van der Waals surface area contributed by atoms with E-state index in [0.717, 1.165) is 25.7 Å². The van der Waals surface area contributed by atoms with Crippen LogP contribution in [0, 0.1) is 6.92 Å². The van der Waals surface area contributed by atoms with Crippen LogP contribution in [0.3, 0.4) is 0 Å². The van der Waals surface area contributed by atoms with Crippen LogP contribution in [0.1, 0.15) is 24.8 Å². The zero-order chi connectivity index (χ0) is 12.1. The molecule has 1 aliphatic heterocycles. The summed E-state index contributed by atoms with van der Waals surface area (Å²) in [6.45, 7) is 6.41. The second kappa shape index (κ2) is 6.17. The Morgan fingerprint density at radius 1 is 1.47 bits per heavy atom. The van der Waals surface area contributed by atoms with Gasteiger partial charge in [-0.3, -0.25) is 4.68 Å². The molecule has 1 saturated heterocycles. The summed E-state index contributed by atoms with van der Waals surface area (Å²) in [5.41, 5.74) is 1.23. The van der Waals surface area contributed by atoms with Crippen molar-refractivity contribution >= 4 is 0 Å². The third-order valence-electron chi connectivity index (χ3n) is 3.58. The molecule has 1 unspecified atom stereocenters. The van der Waals surface area contributed by atoms with Crippen molar-refractivity contribution in [3.05, 3.63) is 18.0 Å². The van der Waals surface area contributed by atoms with Gasteiger partial charge in [0.1, 0.15) is 0 Å². The molecule has 4 nitrogen and oxygen atoms in total. The Balaban J connectivity index is 1.62.